The molecule has 3 N–H and O–H groups in total. The summed E-state index contributed by atoms with van der Waals surface area (Å²) in [6.45, 7) is 8.53. The fourth-order valence-electron chi connectivity index (χ4n) is 2.39. The lowest BCUT2D eigenvalue weighted by Crippen LogP contribution is -2.37. The van der Waals surface area contributed by atoms with Crippen molar-refractivity contribution in [3.63, 3.8) is 0 Å². The number of hydrogen-bond donors (Lipinski definition) is 2. The van der Waals surface area contributed by atoms with Crippen molar-refractivity contribution in [3.8, 4) is 0 Å². The van der Waals surface area contributed by atoms with E-state index in [1.54, 1.807) is 7.05 Å². The number of likely N-dealkylation sites (N-methyl/N-ethyl adjacent to an activating group) is 1. The van der Waals surface area contributed by atoms with E-state index in [0.717, 1.165) is 0 Å². The summed E-state index contributed by atoms with van der Waals surface area (Å²) in [4.78, 5) is 13.6. The molecule has 92 valence electrons. The average molecular weight is 227 g/mol. The molecule has 0 saturated heterocycles. The Balaban J connectivity index is 2.68. The number of nitrogens with two attached hydrogens (primary N) is 1. The van der Waals surface area contributed by atoms with E-state index in [1.165, 1.54) is 4.90 Å². The minimum absolute atomic E-state index is 0.0106. The van der Waals surface area contributed by atoms with Gasteiger partial charge in [-0.25, -0.2) is 0 Å². The summed E-state index contributed by atoms with van der Waals surface area (Å²) >= 11 is 0. The van der Waals surface area contributed by atoms with E-state index in [-0.39, 0.29) is 35.0 Å². The quantitative estimate of drug-likeness (QED) is 0.325. The van der Waals surface area contributed by atoms with Gasteiger partial charge in [-0.1, -0.05) is 32.9 Å². The first-order chi connectivity index (χ1) is 7.16. The molecule has 1 aliphatic carbocycles. The predicted molar refractivity (Wildman–Crippen MR) is 62.1 cm³/mol. The molecule has 0 heterocycles. The second-order valence-corrected chi connectivity index (χ2v) is 5.66. The van der Waals surface area contributed by atoms with Crippen LogP contribution in [-0.4, -0.2) is 35.4 Å². The second-order valence-electron chi connectivity index (χ2n) is 5.66. The maximum absolute atomic E-state index is 12.1. The normalized spacial score (nSPS) is 22.9. The van der Waals surface area contributed by atoms with Gasteiger partial charge in [-0.3, -0.25) is 4.79 Å². The number of nitrogens with zero attached hydrogens (tertiary/aromatic N) is 2. The first-order valence-corrected chi connectivity index (χ1v) is 5.37. The van der Waals surface area contributed by atoms with Crippen LogP contribution >= 0.6 is 0 Å². The summed E-state index contributed by atoms with van der Waals surface area (Å²) in [7, 11) is 1.67. The molecule has 5 heteroatoms. The lowest BCUT2D eigenvalue weighted by Gasteiger charge is -2.17. The molecule has 1 fully saturated rings. The van der Waals surface area contributed by atoms with Crippen LogP contribution in [0.4, 0.5) is 0 Å². The first kappa shape index (κ1) is 12.8. The van der Waals surface area contributed by atoms with E-state index < -0.39 is 0 Å². The van der Waals surface area contributed by atoms with E-state index in [0.29, 0.717) is 0 Å². The fourth-order valence-corrected chi connectivity index (χ4v) is 2.39. The number of rotatable bonds is 3. The van der Waals surface area contributed by atoms with Crippen LogP contribution < -0.4 is 5.73 Å². The topological polar surface area (TPSA) is 78.9 Å². The van der Waals surface area contributed by atoms with Gasteiger partial charge in [-0.15, -0.1) is 0 Å². The van der Waals surface area contributed by atoms with Crippen molar-refractivity contribution in [3.05, 3.63) is 0 Å². The summed E-state index contributed by atoms with van der Waals surface area (Å²) in [5.41, 5.74) is 5.41. The summed E-state index contributed by atoms with van der Waals surface area (Å²) in [6, 6.07) is 0. The molecule has 1 amide bonds. The molecular formula is C11H21N3O2. The lowest BCUT2D eigenvalue weighted by molar-refractivity contribution is -0.131. The molecule has 0 unspecified atom stereocenters. The standard InChI is InChI=1S/C11H21N3O2/c1-10(2)8(11(10,3)4)9(15)14(5)6-7(12)13-16/h8,16H,6H2,1-5H3,(H2,12,13). The van der Waals surface area contributed by atoms with Crippen LogP contribution in [-0.2, 0) is 4.79 Å². The molecule has 0 spiro atoms. The smallest absolute Gasteiger partial charge is 0.226 e. The minimum atomic E-state index is 0.0106. The monoisotopic (exact) mass is 227 g/mol. The highest BCUT2D eigenvalue weighted by molar-refractivity contribution is 5.89. The third-order valence-electron chi connectivity index (χ3n) is 4.17. The van der Waals surface area contributed by atoms with Gasteiger partial charge in [0.25, 0.3) is 0 Å². The molecule has 0 aliphatic heterocycles. The molecule has 0 aromatic carbocycles. The van der Waals surface area contributed by atoms with E-state index in [4.69, 9.17) is 10.9 Å². The van der Waals surface area contributed by atoms with E-state index >= 15 is 0 Å². The number of amidine groups is 1. The van der Waals surface area contributed by atoms with E-state index in [9.17, 15) is 4.79 Å². The Morgan fingerprint density at radius 3 is 2.12 bits per heavy atom. The molecule has 1 aliphatic rings. The van der Waals surface area contributed by atoms with Crippen LogP contribution in [0.15, 0.2) is 5.16 Å². The Labute approximate surface area is 96.3 Å². The SMILES string of the molecule is CN(CC(N)=NO)C(=O)C1C(C)(C)C1(C)C. The Morgan fingerprint density at radius 1 is 1.38 bits per heavy atom. The number of carbonyl (C=O) groups is 1. The number of carbonyl (C=O) groups excluding carboxylic acids is 1. The van der Waals surface area contributed by atoms with Crippen LogP contribution in [0, 0.1) is 16.7 Å². The molecule has 0 radical (unpaired) electrons. The minimum Gasteiger partial charge on any atom is -0.409 e. The third-order valence-corrected chi connectivity index (χ3v) is 4.17. The van der Waals surface area contributed by atoms with Crippen LogP contribution in [0.5, 0.6) is 0 Å². The largest absolute Gasteiger partial charge is 0.409 e. The molecule has 16 heavy (non-hydrogen) atoms. The van der Waals surface area contributed by atoms with Crippen molar-refractivity contribution in [2.24, 2.45) is 27.6 Å². The van der Waals surface area contributed by atoms with Gasteiger partial charge in [0.15, 0.2) is 5.84 Å². The predicted octanol–water partition coefficient (Wildman–Crippen LogP) is 0.873. The van der Waals surface area contributed by atoms with Gasteiger partial charge in [-0.2, -0.15) is 0 Å². The van der Waals surface area contributed by atoms with Gasteiger partial charge in [0, 0.05) is 13.0 Å². The molecule has 1 saturated carbocycles. The fraction of sp³-hybridized carbons (Fsp3) is 0.818. The zero-order valence-electron chi connectivity index (χ0n) is 10.6. The zero-order valence-corrected chi connectivity index (χ0v) is 10.6. The van der Waals surface area contributed by atoms with Crippen molar-refractivity contribution in [1.29, 1.82) is 0 Å². The highest BCUT2D eigenvalue weighted by Crippen LogP contribution is 2.68. The molecule has 0 aromatic heterocycles. The van der Waals surface area contributed by atoms with Crippen LogP contribution in [0.2, 0.25) is 0 Å². The van der Waals surface area contributed by atoms with Crippen LogP contribution in [0.25, 0.3) is 0 Å². The number of hydrogen-bond acceptors (Lipinski definition) is 3. The molecule has 1 rings (SSSR count). The number of amides is 1. The Bertz CT molecular complexity index is 320. The van der Waals surface area contributed by atoms with Gasteiger partial charge < -0.3 is 15.8 Å². The average Bonchev–Trinajstić information content (AvgIpc) is 2.56. The van der Waals surface area contributed by atoms with Gasteiger partial charge >= 0.3 is 0 Å². The molecule has 0 bridgehead atoms. The summed E-state index contributed by atoms with van der Waals surface area (Å²) in [5.74, 6) is 0.116. The van der Waals surface area contributed by atoms with Gasteiger partial charge in [0.05, 0.1) is 6.54 Å². The van der Waals surface area contributed by atoms with Crippen molar-refractivity contribution in [2.45, 2.75) is 27.7 Å². The number of oxime groups is 1. The molecule has 0 atom stereocenters. The molecular weight excluding hydrogens is 206 g/mol. The highest BCUT2D eigenvalue weighted by Gasteiger charge is 2.68. The molecule has 5 nitrogen and oxygen atoms in total. The van der Waals surface area contributed by atoms with Gasteiger partial charge in [0.2, 0.25) is 5.91 Å². The van der Waals surface area contributed by atoms with E-state index in [2.05, 4.69) is 32.9 Å². The van der Waals surface area contributed by atoms with Crippen molar-refractivity contribution in [1.82, 2.24) is 4.90 Å². The lowest BCUT2D eigenvalue weighted by atomic mass is 10.0. The molecule has 0 aromatic rings. The van der Waals surface area contributed by atoms with Crippen LogP contribution in [0.3, 0.4) is 0 Å². The summed E-state index contributed by atoms with van der Waals surface area (Å²) in [6.07, 6.45) is 0. The second kappa shape index (κ2) is 3.64. The van der Waals surface area contributed by atoms with E-state index in [1.807, 2.05) is 0 Å². The van der Waals surface area contributed by atoms with Crippen molar-refractivity contribution < 1.29 is 10.0 Å². The van der Waals surface area contributed by atoms with Gasteiger partial charge in [0.1, 0.15) is 0 Å². The Hall–Kier alpha value is -1.26. The third kappa shape index (κ3) is 1.74. The first-order valence-electron chi connectivity index (χ1n) is 5.37. The summed E-state index contributed by atoms with van der Waals surface area (Å²) < 4.78 is 0. The van der Waals surface area contributed by atoms with Crippen LogP contribution in [0.1, 0.15) is 27.7 Å². The maximum atomic E-state index is 12.1. The highest BCUT2D eigenvalue weighted by atomic mass is 16.4. The van der Waals surface area contributed by atoms with Crippen molar-refractivity contribution in [2.75, 3.05) is 13.6 Å². The van der Waals surface area contributed by atoms with Gasteiger partial charge in [-0.05, 0) is 10.8 Å². The van der Waals surface area contributed by atoms with Crippen molar-refractivity contribution >= 4 is 11.7 Å². The zero-order chi connectivity index (χ0) is 12.7. The Kier molecular flexibility index (Phi) is 2.92. The summed E-state index contributed by atoms with van der Waals surface area (Å²) in [5, 5.41) is 11.3. The Morgan fingerprint density at radius 2 is 1.81 bits per heavy atom. The maximum Gasteiger partial charge on any atom is 0.226 e.